The lowest BCUT2D eigenvalue weighted by Gasteiger charge is -2.12. The van der Waals surface area contributed by atoms with Crippen molar-refractivity contribution in [3.8, 4) is 0 Å². The number of nitrogens with one attached hydrogen (secondary N) is 1. The van der Waals surface area contributed by atoms with Gasteiger partial charge in [-0.05, 0) is 12.8 Å². The van der Waals surface area contributed by atoms with Gasteiger partial charge in [-0.1, -0.05) is 0 Å². The van der Waals surface area contributed by atoms with Crippen LogP contribution < -0.4 is 10.5 Å². The van der Waals surface area contributed by atoms with E-state index in [9.17, 15) is 18.0 Å². The van der Waals surface area contributed by atoms with Crippen LogP contribution in [0.3, 0.4) is 0 Å². The number of carbonyl (C=O) groups is 2. The predicted octanol–water partition coefficient (Wildman–Crippen LogP) is -1.60. The van der Waals surface area contributed by atoms with Crippen LogP contribution in [0, 0.1) is 0 Å². The number of sulfonamides is 1. The largest absolute Gasteiger partial charge is 0.480 e. The molecular weight excluding hydrogens is 224 g/mol. The third-order valence-corrected chi connectivity index (χ3v) is 3.94. The summed E-state index contributed by atoms with van der Waals surface area (Å²) < 4.78 is 24.7. The van der Waals surface area contributed by atoms with Crippen LogP contribution in [0.25, 0.3) is 0 Å². The molecular formula is C7H12N2O5S. The summed E-state index contributed by atoms with van der Waals surface area (Å²) in [6, 6.07) is -1.46. The maximum absolute atomic E-state index is 11.4. The number of nitrogens with two attached hydrogens (primary N) is 1. The second-order valence-corrected chi connectivity index (χ2v) is 5.42. The monoisotopic (exact) mass is 236 g/mol. The maximum atomic E-state index is 11.4. The summed E-state index contributed by atoms with van der Waals surface area (Å²) in [7, 11) is -3.62. The first-order chi connectivity index (χ1) is 6.83. The van der Waals surface area contributed by atoms with Gasteiger partial charge >= 0.3 is 5.97 Å². The zero-order chi connectivity index (χ0) is 11.6. The molecule has 0 unspecified atom stereocenters. The molecule has 1 rings (SSSR count). The van der Waals surface area contributed by atoms with E-state index in [0.29, 0.717) is 12.8 Å². The minimum atomic E-state index is -3.62. The van der Waals surface area contributed by atoms with E-state index in [1.54, 1.807) is 0 Å². The van der Waals surface area contributed by atoms with Crippen molar-refractivity contribution in [3.05, 3.63) is 0 Å². The van der Waals surface area contributed by atoms with Gasteiger partial charge in [0.1, 0.15) is 6.04 Å². The molecule has 1 atom stereocenters. The molecule has 4 N–H and O–H groups in total. The van der Waals surface area contributed by atoms with Crippen molar-refractivity contribution in [3.63, 3.8) is 0 Å². The van der Waals surface area contributed by atoms with Crippen LogP contribution in [-0.4, -0.2) is 36.7 Å². The number of hydrogen-bond acceptors (Lipinski definition) is 4. The molecule has 86 valence electrons. The minimum absolute atomic E-state index is 0.521. The first-order valence-corrected chi connectivity index (χ1v) is 5.90. The Kier molecular flexibility index (Phi) is 3.30. The second kappa shape index (κ2) is 4.15. The first-order valence-electron chi connectivity index (χ1n) is 4.35. The standard InChI is InChI=1S/C7H12N2O5S/c8-6(10)3-5(7(11)12)9-15(13,14)4-1-2-4/h4-5,9H,1-3H2,(H2,8,10)(H,11,12)/t5-/m0/s1. The smallest absolute Gasteiger partial charge is 0.322 e. The van der Waals surface area contributed by atoms with Gasteiger partial charge in [-0.3, -0.25) is 9.59 Å². The number of carboxylic acid groups (broad SMARTS) is 1. The Balaban J connectivity index is 2.65. The molecule has 0 spiro atoms. The highest BCUT2D eigenvalue weighted by Crippen LogP contribution is 2.27. The topological polar surface area (TPSA) is 127 Å². The average molecular weight is 236 g/mol. The molecule has 0 bridgehead atoms. The van der Waals surface area contributed by atoms with Crippen LogP contribution in [0.5, 0.6) is 0 Å². The van der Waals surface area contributed by atoms with Gasteiger partial charge in [0.15, 0.2) is 0 Å². The number of amides is 1. The number of carboxylic acids is 1. The number of carbonyl (C=O) groups excluding carboxylic acids is 1. The minimum Gasteiger partial charge on any atom is -0.480 e. The van der Waals surface area contributed by atoms with Gasteiger partial charge in [-0.15, -0.1) is 0 Å². The molecule has 0 radical (unpaired) electrons. The molecule has 0 saturated heterocycles. The third-order valence-electron chi connectivity index (χ3n) is 1.97. The lowest BCUT2D eigenvalue weighted by atomic mass is 10.2. The van der Waals surface area contributed by atoms with Crippen LogP contribution in [0.1, 0.15) is 19.3 Å². The van der Waals surface area contributed by atoms with Crippen molar-refractivity contribution in [2.75, 3.05) is 0 Å². The molecule has 0 aliphatic heterocycles. The fourth-order valence-corrected chi connectivity index (χ4v) is 2.58. The van der Waals surface area contributed by atoms with Crippen LogP contribution >= 0.6 is 0 Å². The van der Waals surface area contributed by atoms with Gasteiger partial charge in [0.2, 0.25) is 15.9 Å². The van der Waals surface area contributed by atoms with Crippen molar-refractivity contribution in [1.82, 2.24) is 4.72 Å². The van der Waals surface area contributed by atoms with Crippen LogP contribution in [0.15, 0.2) is 0 Å². The van der Waals surface area contributed by atoms with E-state index in [0.717, 1.165) is 0 Å². The Labute approximate surface area is 86.7 Å². The molecule has 1 aliphatic carbocycles. The molecule has 0 aromatic carbocycles. The summed E-state index contributed by atoms with van der Waals surface area (Å²) in [5.74, 6) is -2.26. The Morgan fingerprint density at radius 1 is 1.47 bits per heavy atom. The van der Waals surface area contributed by atoms with E-state index in [1.165, 1.54) is 0 Å². The Bertz CT molecular complexity index is 373. The molecule has 8 heteroatoms. The molecule has 1 aliphatic rings. The van der Waals surface area contributed by atoms with Crippen molar-refractivity contribution < 1.29 is 23.1 Å². The SMILES string of the molecule is NC(=O)C[C@H](NS(=O)(=O)C1CC1)C(=O)O. The Morgan fingerprint density at radius 3 is 2.33 bits per heavy atom. The summed E-state index contributed by atoms with van der Waals surface area (Å²) in [6.07, 6.45) is 0.512. The lowest BCUT2D eigenvalue weighted by molar-refractivity contribution is -0.140. The summed E-state index contributed by atoms with van der Waals surface area (Å²) in [5.41, 5.74) is 4.80. The van der Waals surface area contributed by atoms with Gasteiger partial charge in [0.25, 0.3) is 0 Å². The average Bonchev–Trinajstić information content (AvgIpc) is 2.82. The summed E-state index contributed by atoms with van der Waals surface area (Å²) in [6.45, 7) is 0. The molecule has 15 heavy (non-hydrogen) atoms. The normalized spacial score (nSPS) is 18.4. The number of aliphatic carboxylic acids is 1. The zero-order valence-corrected chi connectivity index (χ0v) is 8.66. The fourth-order valence-electron chi connectivity index (χ4n) is 1.05. The van der Waals surface area contributed by atoms with Gasteiger partial charge < -0.3 is 10.8 Å². The molecule has 0 aromatic rings. The highest BCUT2D eigenvalue weighted by atomic mass is 32.2. The van der Waals surface area contributed by atoms with E-state index < -0.39 is 39.6 Å². The molecule has 0 heterocycles. The van der Waals surface area contributed by atoms with E-state index in [1.807, 2.05) is 4.72 Å². The summed E-state index contributed by atoms with van der Waals surface area (Å²) in [5, 5.41) is 8.13. The predicted molar refractivity (Wildman–Crippen MR) is 50.3 cm³/mol. The van der Waals surface area contributed by atoms with Crippen LogP contribution in [-0.2, 0) is 19.6 Å². The Morgan fingerprint density at radius 2 is 2.00 bits per heavy atom. The number of primary amides is 1. The molecule has 7 nitrogen and oxygen atoms in total. The number of rotatable bonds is 6. The van der Waals surface area contributed by atoms with E-state index in [2.05, 4.69) is 0 Å². The molecule has 1 saturated carbocycles. The second-order valence-electron chi connectivity index (χ2n) is 3.42. The first kappa shape index (κ1) is 11.9. The van der Waals surface area contributed by atoms with Crippen molar-refractivity contribution in [2.24, 2.45) is 5.73 Å². The summed E-state index contributed by atoms with van der Waals surface area (Å²) in [4.78, 5) is 21.1. The van der Waals surface area contributed by atoms with Gasteiger partial charge in [0, 0.05) is 0 Å². The van der Waals surface area contributed by atoms with Crippen LogP contribution in [0.2, 0.25) is 0 Å². The van der Waals surface area contributed by atoms with Crippen molar-refractivity contribution in [1.29, 1.82) is 0 Å². The van der Waals surface area contributed by atoms with Gasteiger partial charge in [0.05, 0.1) is 11.7 Å². The van der Waals surface area contributed by atoms with Gasteiger partial charge in [-0.25, -0.2) is 13.1 Å². The van der Waals surface area contributed by atoms with E-state index in [4.69, 9.17) is 10.8 Å². The Hall–Kier alpha value is -1.15. The van der Waals surface area contributed by atoms with Crippen molar-refractivity contribution >= 4 is 21.9 Å². The fraction of sp³-hybridized carbons (Fsp3) is 0.714. The number of hydrogen-bond donors (Lipinski definition) is 3. The highest BCUT2D eigenvalue weighted by molar-refractivity contribution is 7.90. The van der Waals surface area contributed by atoms with E-state index in [-0.39, 0.29) is 0 Å². The summed E-state index contributed by atoms with van der Waals surface area (Å²) >= 11 is 0. The molecule has 1 fully saturated rings. The lowest BCUT2D eigenvalue weighted by Crippen LogP contribution is -2.44. The highest BCUT2D eigenvalue weighted by Gasteiger charge is 2.38. The van der Waals surface area contributed by atoms with Gasteiger partial charge in [-0.2, -0.15) is 0 Å². The quantitative estimate of drug-likeness (QED) is 0.511. The maximum Gasteiger partial charge on any atom is 0.322 e. The van der Waals surface area contributed by atoms with Crippen LogP contribution in [0.4, 0.5) is 0 Å². The molecule has 0 aromatic heterocycles. The third kappa shape index (κ3) is 3.48. The van der Waals surface area contributed by atoms with E-state index >= 15 is 0 Å². The molecule has 1 amide bonds. The zero-order valence-electron chi connectivity index (χ0n) is 7.84. The van der Waals surface area contributed by atoms with Crippen molar-refractivity contribution in [2.45, 2.75) is 30.6 Å².